The first-order chi connectivity index (χ1) is 14.0. The van der Waals surface area contributed by atoms with E-state index in [0.29, 0.717) is 24.1 Å². The molecule has 1 fully saturated rings. The lowest BCUT2D eigenvalue weighted by molar-refractivity contribution is -0.124. The second-order valence-electron chi connectivity index (χ2n) is 8.21. The van der Waals surface area contributed by atoms with Gasteiger partial charge in [-0.05, 0) is 49.4 Å². The van der Waals surface area contributed by atoms with E-state index < -0.39 is 5.66 Å². The molecular weight excluding hydrogens is 366 g/mol. The van der Waals surface area contributed by atoms with Crippen molar-refractivity contribution in [2.75, 3.05) is 11.4 Å². The average molecular weight is 389 g/mol. The molecule has 0 bridgehead atoms. The highest BCUT2D eigenvalue weighted by atomic mass is 16.2. The van der Waals surface area contributed by atoms with Crippen molar-refractivity contribution in [1.82, 2.24) is 10.2 Å². The predicted octanol–water partition coefficient (Wildman–Crippen LogP) is 2.79. The summed E-state index contributed by atoms with van der Waals surface area (Å²) in [5.41, 5.74) is 2.72. The van der Waals surface area contributed by atoms with Crippen molar-refractivity contribution in [3.05, 3.63) is 65.2 Å². The summed E-state index contributed by atoms with van der Waals surface area (Å²) in [6.07, 6.45) is 2.69. The largest absolute Gasteiger partial charge is 0.348 e. The summed E-state index contributed by atoms with van der Waals surface area (Å²) in [5.74, 6) is -0.404. The van der Waals surface area contributed by atoms with Crippen LogP contribution in [-0.2, 0) is 16.0 Å². The van der Waals surface area contributed by atoms with Gasteiger partial charge in [0.2, 0.25) is 11.8 Å². The molecule has 6 nitrogen and oxygen atoms in total. The number of aryl methyl sites for hydroxylation is 1. The van der Waals surface area contributed by atoms with Crippen LogP contribution in [0, 0.1) is 0 Å². The molecule has 0 aromatic heterocycles. The van der Waals surface area contributed by atoms with Crippen molar-refractivity contribution in [3.8, 4) is 0 Å². The molecule has 0 radical (unpaired) electrons. The zero-order chi connectivity index (χ0) is 20.2. The van der Waals surface area contributed by atoms with E-state index in [4.69, 9.17) is 0 Å². The van der Waals surface area contributed by atoms with Crippen LogP contribution in [0.4, 0.5) is 5.69 Å². The SMILES string of the molecule is CC12CCC(=O)N1c1ccccc1C(=O)N2CC(=O)NC1CCc2ccccc21. The van der Waals surface area contributed by atoms with Crippen LogP contribution in [0.5, 0.6) is 0 Å². The number of para-hydroxylation sites is 1. The summed E-state index contributed by atoms with van der Waals surface area (Å²) in [7, 11) is 0. The first-order valence-electron chi connectivity index (χ1n) is 10.1. The van der Waals surface area contributed by atoms with Crippen molar-refractivity contribution in [2.45, 2.75) is 44.3 Å². The summed E-state index contributed by atoms with van der Waals surface area (Å²) in [6.45, 7) is 1.82. The van der Waals surface area contributed by atoms with Crippen molar-refractivity contribution in [3.63, 3.8) is 0 Å². The van der Waals surface area contributed by atoms with Gasteiger partial charge in [-0.3, -0.25) is 19.3 Å². The summed E-state index contributed by atoms with van der Waals surface area (Å²) in [6, 6.07) is 15.3. The minimum absolute atomic E-state index is 0.0115. The van der Waals surface area contributed by atoms with Crippen LogP contribution in [0.15, 0.2) is 48.5 Å². The normalized spacial score (nSPS) is 24.9. The fourth-order valence-corrected chi connectivity index (χ4v) is 5.03. The Morgan fingerprint density at radius 2 is 1.86 bits per heavy atom. The average Bonchev–Trinajstić information content (AvgIpc) is 3.26. The third kappa shape index (κ3) is 2.66. The molecule has 2 aromatic carbocycles. The highest BCUT2D eigenvalue weighted by molar-refractivity contribution is 6.11. The van der Waals surface area contributed by atoms with Gasteiger partial charge in [0.25, 0.3) is 5.91 Å². The standard InChI is InChI=1S/C23H23N3O3/c1-23-13-12-21(28)26(23)19-9-5-4-8-17(19)22(29)25(23)14-20(27)24-18-11-10-15-6-2-3-7-16(15)18/h2-9,18H,10-14H2,1H3,(H,24,27). The first kappa shape index (κ1) is 17.9. The molecule has 2 atom stereocenters. The lowest BCUT2D eigenvalue weighted by Gasteiger charge is -2.48. The van der Waals surface area contributed by atoms with Crippen LogP contribution < -0.4 is 10.2 Å². The number of nitrogens with one attached hydrogen (secondary N) is 1. The van der Waals surface area contributed by atoms with Crippen molar-refractivity contribution >= 4 is 23.4 Å². The van der Waals surface area contributed by atoms with E-state index in [0.717, 1.165) is 18.4 Å². The second-order valence-corrected chi connectivity index (χ2v) is 8.21. The molecule has 0 spiro atoms. The smallest absolute Gasteiger partial charge is 0.258 e. The van der Waals surface area contributed by atoms with Crippen molar-refractivity contribution in [1.29, 1.82) is 0 Å². The molecule has 148 valence electrons. The van der Waals surface area contributed by atoms with Crippen LogP contribution in [0.1, 0.15) is 53.7 Å². The summed E-state index contributed by atoms with van der Waals surface area (Å²) in [4.78, 5) is 42.1. The molecule has 1 N–H and O–H groups in total. The zero-order valence-electron chi connectivity index (χ0n) is 16.4. The van der Waals surface area contributed by atoms with Gasteiger partial charge >= 0.3 is 0 Å². The topological polar surface area (TPSA) is 69.7 Å². The van der Waals surface area contributed by atoms with Crippen LogP contribution in [0.2, 0.25) is 0 Å². The maximum absolute atomic E-state index is 13.3. The number of carbonyl (C=O) groups is 3. The van der Waals surface area contributed by atoms with Gasteiger partial charge in [0.1, 0.15) is 12.2 Å². The predicted molar refractivity (Wildman–Crippen MR) is 108 cm³/mol. The minimum Gasteiger partial charge on any atom is -0.348 e. The van der Waals surface area contributed by atoms with Crippen LogP contribution in [-0.4, -0.2) is 34.8 Å². The lowest BCUT2D eigenvalue weighted by atomic mass is 9.98. The molecule has 3 aliphatic rings. The van der Waals surface area contributed by atoms with Gasteiger partial charge < -0.3 is 10.2 Å². The molecule has 0 saturated carbocycles. The number of benzene rings is 2. The molecule has 2 unspecified atom stereocenters. The van der Waals surface area contributed by atoms with Gasteiger partial charge in [0.15, 0.2) is 0 Å². The molecule has 6 heteroatoms. The second kappa shape index (κ2) is 6.44. The van der Waals surface area contributed by atoms with Gasteiger partial charge in [-0.25, -0.2) is 0 Å². The van der Waals surface area contributed by atoms with E-state index in [1.54, 1.807) is 21.9 Å². The highest BCUT2D eigenvalue weighted by Crippen LogP contribution is 2.43. The van der Waals surface area contributed by atoms with Gasteiger partial charge in [-0.2, -0.15) is 0 Å². The number of rotatable bonds is 3. The monoisotopic (exact) mass is 389 g/mol. The molecule has 2 aromatic rings. The van der Waals surface area contributed by atoms with Gasteiger partial charge in [0.05, 0.1) is 17.3 Å². The molecule has 1 aliphatic carbocycles. The Labute approximate surface area is 169 Å². The van der Waals surface area contributed by atoms with E-state index in [-0.39, 0.29) is 30.3 Å². The van der Waals surface area contributed by atoms with Crippen molar-refractivity contribution in [2.24, 2.45) is 0 Å². The summed E-state index contributed by atoms with van der Waals surface area (Å²) in [5, 5.41) is 3.10. The van der Waals surface area contributed by atoms with Crippen molar-refractivity contribution < 1.29 is 14.4 Å². The lowest BCUT2D eigenvalue weighted by Crippen LogP contribution is -2.63. The van der Waals surface area contributed by atoms with E-state index in [2.05, 4.69) is 11.4 Å². The molecule has 2 heterocycles. The Morgan fingerprint density at radius 1 is 1.10 bits per heavy atom. The number of hydrogen-bond donors (Lipinski definition) is 1. The first-order valence-corrected chi connectivity index (χ1v) is 10.1. The fraction of sp³-hybridized carbons (Fsp3) is 0.348. The molecule has 2 aliphatic heterocycles. The summed E-state index contributed by atoms with van der Waals surface area (Å²) >= 11 is 0. The van der Waals surface area contributed by atoms with Crippen LogP contribution >= 0.6 is 0 Å². The maximum atomic E-state index is 13.3. The number of fused-ring (bicyclic) bond motifs is 4. The Bertz CT molecular complexity index is 1030. The number of anilines is 1. The Balaban J connectivity index is 1.42. The van der Waals surface area contributed by atoms with Gasteiger partial charge in [0, 0.05) is 6.42 Å². The third-order valence-corrected chi connectivity index (χ3v) is 6.52. The highest BCUT2D eigenvalue weighted by Gasteiger charge is 2.53. The molecule has 1 saturated heterocycles. The van der Waals surface area contributed by atoms with E-state index in [9.17, 15) is 14.4 Å². The minimum atomic E-state index is -0.812. The summed E-state index contributed by atoms with van der Waals surface area (Å²) < 4.78 is 0. The van der Waals surface area contributed by atoms with E-state index in [1.165, 1.54) is 5.56 Å². The van der Waals surface area contributed by atoms with Crippen LogP contribution in [0.25, 0.3) is 0 Å². The zero-order valence-corrected chi connectivity index (χ0v) is 16.4. The molecule has 3 amide bonds. The number of carbonyl (C=O) groups excluding carboxylic acids is 3. The molecule has 29 heavy (non-hydrogen) atoms. The Morgan fingerprint density at radius 3 is 2.72 bits per heavy atom. The maximum Gasteiger partial charge on any atom is 0.258 e. The van der Waals surface area contributed by atoms with Crippen LogP contribution in [0.3, 0.4) is 0 Å². The molecular formula is C23H23N3O3. The van der Waals surface area contributed by atoms with Gasteiger partial charge in [-0.1, -0.05) is 36.4 Å². The van der Waals surface area contributed by atoms with Gasteiger partial charge in [-0.15, -0.1) is 0 Å². The third-order valence-electron chi connectivity index (χ3n) is 6.52. The molecule has 5 rings (SSSR count). The Kier molecular flexibility index (Phi) is 3.98. The Hall–Kier alpha value is -3.15. The quantitative estimate of drug-likeness (QED) is 0.878. The van der Waals surface area contributed by atoms with E-state index >= 15 is 0 Å². The number of nitrogens with zero attached hydrogens (tertiary/aromatic N) is 2. The number of amides is 3. The fourth-order valence-electron chi connectivity index (χ4n) is 5.03. The van der Waals surface area contributed by atoms with E-state index in [1.807, 2.05) is 37.3 Å². The number of hydrogen-bond acceptors (Lipinski definition) is 3.